The lowest BCUT2D eigenvalue weighted by Crippen LogP contribution is -2.35. The van der Waals surface area contributed by atoms with Crippen LogP contribution in [0.5, 0.6) is 0 Å². The summed E-state index contributed by atoms with van der Waals surface area (Å²) in [5, 5.41) is 12.1. The van der Waals surface area contributed by atoms with E-state index in [0.717, 1.165) is 5.56 Å². The Morgan fingerprint density at radius 1 is 1.09 bits per heavy atom. The second-order valence-electron chi connectivity index (χ2n) is 6.46. The maximum Gasteiger partial charge on any atom is 0.306 e. The molecule has 1 fully saturated rings. The Morgan fingerprint density at radius 3 is 2.23 bits per heavy atom. The Kier molecular flexibility index (Phi) is 5.22. The van der Waals surface area contributed by atoms with Gasteiger partial charge in [-0.2, -0.15) is 0 Å². The van der Waals surface area contributed by atoms with E-state index in [2.05, 4.69) is 37.4 Å². The van der Waals surface area contributed by atoms with Crippen molar-refractivity contribution in [3.8, 4) is 0 Å². The first-order valence-corrected chi connectivity index (χ1v) is 7.98. The van der Waals surface area contributed by atoms with Crippen LogP contribution in [0.25, 0.3) is 0 Å². The molecule has 0 aromatic heterocycles. The molecule has 1 aliphatic rings. The average Bonchev–Trinajstić information content (AvgIpc) is 2.50. The standard InChI is InChI=1S/C18H25NO3/c1-11-4-5-16(10-12(11)2)13(3)19-17(20)14-6-8-15(9-7-14)18(21)22/h4-5,10,13-15H,6-9H2,1-3H3,(H,19,20)(H,21,22). The van der Waals surface area contributed by atoms with Gasteiger partial charge in [0.05, 0.1) is 12.0 Å². The minimum absolute atomic E-state index is 0.0241. The van der Waals surface area contributed by atoms with Gasteiger partial charge in [0.25, 0.3) is 0 Å². The van der Waals surface area contributed by atoms with Crippen LogP contribution in [-0.4, -0.2) is 17.0 Å². The lowest BCUT2D eigenvalue weighted by Gasteiger charge is -2.26. The Labute approximate surface area is 131 Å². The molecule has 1 amide bonds. The zero-order chi connectivity index (χ0) is 16.3. The number of rotatable bonds is 4. The second kappa shape index (κ2) is 6.95. The van der Waals surface area contributed by atoms with Crippen LogP contribution in [-0.2, 0) is 9.59 Å². The molecular formula is C18H25NO3. The first kappa shape index (κ1) is 16.5. The molecule has 0 aliphatic heterocycles. The number of hydrogen-bond donors (Lipinski definition) is 2. The number of carboxylic acids is 1. The van der Waals surface area contributed by atoms with Gasteiger partial charge in [-0.1, -0.05) is 18.2 Å². The van der Waals surface area contributed by atoms with E-state index >= 15 is 0 Å². The van der Waals surface area contributed by atoms with Gasteiger partial charge in [0, 0.05) is 5.92 Å². The Morgan fingerprint density at radius 2 is 1.68 bits per heavy atom. The van der Waals surface area contributed by atoms with E-state index in [9.17, 15) is 9.59 Å². The number of aryl methyl sites for hydroxylation is 2. The number of amides is 1. The van der Waals surface area contributed by atoms with E-state index in [1.807, 2.05) is 6.92 Å². The van der Waals surface area contributed by atoms with E-state index in [1.165, 1.54) is 11.1 Å². The van der Waals surface area contributed by atoms with Crippen molar-refractivity contribution in [1.29, 1.82) is 0 Å². The molecule has 0 spiro atoms. The number of carbonyl (C=O) groups excluding carboxylic acids is 1. The predicted molar refractivity (Wildman–Crippen MR) is 85.6 cm³/mol. The Bertz CT molecular complexity index is 559. The van der Waals surface area contributed by atoms with Gasteiger partial charge in [-0.25, -0.2) is 0 Å². The van der Waals surface area contributed by atoms with Gasteiger partial charge in [-0.05, 0) is 63.1 Å². The molecule has 0 heterocycles. The third-order valence-corrected chi connectivity index (χ3v) is 4.84. The second-order valence-corrected chi connectivity index (χ2v) is 6.46. The molecule has 0 saturated heterocycles. The zero-order valence-corrected chi connectivity index (χ0v) is 13.6. The highest BCUT2D eigenvalue weighted by atomic mass is 16.4. The fraction of sp³-hybridized carbons (Fsp3) is 0.556. The lowest BCUT2D eigenvalue weighted by molar-refractivity contribution is -0.144. The molecule has 0 bridgehead atoms. The SMILES string of the molecule is Cc1ccc(C(C)NC(=O)C2CCC(C(=O)O)CC2)cc1C. The average molecular weight is 303 g/mol. The van der Waals surface area contributed by atoms with Crippen LogP contribution in [0.2, 0.25) is 0 Å². The fourth-order valence-electron chi connectivity index (χ4n) is 3.05. The number of aliphatic carboxylic acids is 1. The fourth-order valence-corrected chi connectivity index (χ4v) is 3.05. The predicted octanol–water partition coefficient (Wildman–Crippen LogP) is 3.37. The molecule has 1 atom stereocenters. The van der Waals surface area contributed by atoms with Crippen molar-refractivity contribution < 1.29 is 14.7 Å². The Hall–Kier alpha value is -1.84. The van der Waals surface area contributed by atoms with Crippen molar-refractivity contribution in [1.82, 2.24) is 5.32 Å². The van der Waals surface area contributed by atoms with Gasteiger partial charge in [-0.3, -0.25) is 9.59 Å². The lowest BCUT2D eigenvalue weighted by atomic mass is 9.81. The van der Waals surface area contributed by atoms with E-state index in [4.69, 9.17) is 5.11 Å². The summed E-state index contributed by atoms with van der Waals surface area (Å²) in [6.07, 6.45) is 2.54. The summed E-state index contributed by atoms with van der Waals surface area (Å²) in [6, 6.07) is 6.21. The molecule has 1 saturated carbocycles. The van der Waals surface area contributed by atoms with Crippen LogP contribution in [0.3, 0.4) is 0 Å². The molecule has 4 nitrogen and oxygen atoms in total. The summed E-state index contributed by atoms with van der Waals surface area (Å²) < 4.78 is 0. The van der Waals surface area contributed by atoms with Crippen molar-refractivity contribution in [2.24, 2.45) is 11.8 Å². The molecule has 1 aliphatic carbocycles. The van der Waals surface area contributed by atoms with Gasteiger partial charge in [-0.15, -0.1) is 0 Å². The summed E-state index contributed by atoms with van der Waals surface area (Å²) in [6.45, 7) is 6.13. The Balaban J connectivity index is 1.91. The van der Waals surface area contributed by atoms with E-state index < -0.39 is 5.97 Å². The van der Waals surface area contributed by atoms with Gasteiger partial charge in [0.15, 0.2) is 0 Å². The summed E-state index contributed by atoms with van der Waals surface area (Å²) in [4.78, 5) is 23.3. The molecule has 2 rings (SSSR count). The normalized spacial score (nSPS) is 22.9. The molecule has 1 aromatic carbocycles. The summed E-state index contributed by atoms with van der Waals surface area (Å²) >= 11 is 0. The first-order valence-electron chi connectivity index (χ1n) is 7.98. The molecular weight excluding hydrogens is 278 g/mol. The number of carboxylic acid groups (broad SMARTS) is 1. The minimum atomic E-state index is -0.734. The van der Waals surface area contributed by atoms with Crippen LogP contribution in [0.4, 0.5) is 0 Å². The highest BCUT2D eigenvalue weighted by molar-refractivity contribution is 5.79. The minimum Gasteiger partial charge on any atom is -0.481 e. The molecule has 1 aromatic rings. The van der Waals surface area contributed by atoms with Crippen LogP contribution in [0, 0.1) is 25.7 Å². The smallest absolute Gasteiger partial charge is 0.306 e. The molecule has 0 radical (unpaired) electrons. The maximum absolute atomic E-state index is 12.4. The van der Waals surface area contributed by atoms with Crippen LogP contribution in [0.15, 0.2) is 18.2 Å². The summed E-state index contributed by atoms with van der Waals surface area (Å²) in [7, 11) is 0. The third kappa shape index (κ3) is 3.87. The first-order chi connectivity index (χ1) is 10.4. The van der Waals surface area contributed by atoms with Gasteiger partial charge >= 0.3 is 5.97 Å². The van der Waals surface area contributed by atoms with Crippen LogP contribution in [0.1, 0.15) is 55.3 Å². The van der Waals surface area contributed by atoms with Crippen molar-refractivity contribution in [3.05, 3.63) is 34.9 Å². The molecule has 22 heavy (non-hydrogen) atoms. The molecule has 120 valence electrons. The zero-order valence-electron chi connectivity index (χ0n) is 13.6. The largest absolute Gasteiger partial charge is 0.481 e. The number of hydrogen-bond acceptors (Lipinski definition) is 2. The highest BCUT2D eigenvalue weighted by Gasteiger charge is 2.30. The topological polar surface area (TPSA) is 66.4 Å². The quantitative estimate of drug-likeness (QED) is 0.896. The summed E-state index contributed by atoms with van der Waals surface area (Å²) in [5.74, 6) is -1.01. The van der Waals surface area contributed by atoms with Gasteiger partial charge < -0.3 is 10.4 Å². The van der Waals surface area contributed by atoms with Crippen molar-refractivity contribution in [3.63, 3.8) is 0 Å². The molecule has 4 heteroatoms. The van der Waals surface area contributed by atoms with Crippen LogP contribution >= 0.6 is 0 Å². The highest BCUT2D eigenvalue weighted by Crippen LogP contribution is 2.29. The number of benzene rings is 1. The van der Waals surface area contributed by atoms with E-state index in [0.29, 0.717) is 25.7 Å². The van der Waals surface area contributed by atoms with Crippen molar-refractivity contribution in [2.75, 3.05) is 0 Å². The molecule has 1 unspecified atom stereocenters. The third-order valence-electron chi connectivity index (χ3n) is 4.84. The monoisotopic (exact) mass is 303 g/mol. The number of carbonyl (C=O) groups is 2. The van der Waals surface area contributed by atoms with Crippen molar-refractivity contribution >= 4 is 11.9 Å². The van der Waals surface area contributed by atoms with Crippen molar-refractivity contribution in [2.45, 2.75) is 52.5 Å². The van der Waals surface area contributed by atoms with Crippen LogP contribution < -0.4 is 5.32 Å². The van der Waals surface area contributed by atoms with E-state index in [1.54, 1.807) is 0 Å². The van der Waals surface area contributed by atoms with Gasteiger partial charge in [0.1, 0.15) is 0 Å². The summed E-state index contributed by atoms with van der Waals surface area (Å²) in [5.41, 5.74) is 3.57. The molecule has 2 N–H and O–H groups in total. The van der Waals surface area contributed by atoms with E-state index in [-0.39, 0.29) is 23.8 Å². The van der Waals surface area contributed by atoms with Gasteiger partial charge in [0.2, 0.25) is 5.91 Å². The maximum atomic E-state index is 12.4. The number of nitrogens with one attached hydrogen (secondary N) is 1.